The smallest absolute Gasteiger partial charge is 0.125 e. The molecular formula is C12H16BrNO. The van der Waals surface area contributed by atoms with Crippen LogP contribution in [0.15, 0.2) is 16.6 Å². The molecule has 0 atom stereocenters. The Labute approximate surface area is 98.9 Å². The van der Waals surface area contributed by atoms with E-state index in [4.69, 9.17) is 10.5 Å². The second-order valence-electron chi connectivity index (χ2n) is 4.82. The van der Waals surface area contributed by atoms with Gasteiger partial charge >= 0.3 is 0 Å². The molecule has 0 saturated carbocycles. The lowest BCUT2D eigenvalue weighted by Crippen LogP contribution is -2.34. The highest BCUT2D eigenvalue weighted by Gasteiger charge is 2.21. The van der Waals surface area contributed by atoms with Gasteiger partial charge in [-0.2, -0.15) is 0 Å². The molecule has 0 amide bonds. The van der Waals surface area contributed by atoms with Gasteiger partial charge in [-0.1, -0.05) is 15.9 Å². The second kappa shape index (κ2) is 3.80. The Morgan fingerprint density at radius 3 is 2.87 bits per heavy atom. The average Bonchev–Trinajstić information content (AvgIpc) is 2.48. The highest BCUT2D eigenvalue weighted by atomic mass is 79.9. The Hall–Kier alpha value is -0.540. The summed E-state index contributed by atoms with van der Waals surface area (Å²) in [5, 5.41) is 0. The molecule has 2 N–H and O–H groups in total. The van der Waals surface area contributed by atoms with Crippen molar-refractivity contribution in [3.8, 4) is 5.75 Å². The van der Waals surface area contributed by atoms with Gasteiger partial charge in [0.1, 0.15) is 5.75 Å². The summed E-state index contributed by atoms with van der Waals surface area (Å²) in [6, 6.07) is 4.24. The third-order valence-corrected chi connectivity index (χ3v) is 2.93. The molecule has 0 bridgehead atoms. The van der Waals surface area contributed by atoms with Gasteiger partial charge < -0.3 is 10.5 Å². The van der Waals surface area contributed by atoms with Gasteiger partial charge in [-0.05, 0) is 43.5 Å². The Kier molecular flexibility index (Phi) is 2.77. The molecule has 15 heavy (non-hydrogen) atoms. The van der Waals surface area contributed by atoms with Gasteiger partial charge in [-0.15, -0.1) is 0 Å². The number of halogens is 1. The first kappa shape index (κ1) is 11.0. The molecule has 0 saturated heterocycles. The maximum absolute atomic E-state index is 6.04. The van der Waals surface area contributed by atoms with Crippen molar-refractivity contribution >= 4 is 15.9 Å². The molecule has 0 fully saturated rings. The van der Waals surface area contributed by atoms with Crippen LogP contribution in [-0.2, 0) is 12.8 Å². The van der Waals surface area contributed by atoms with Crippen molar-refractivity contribution < 1.29 is 4.74 Å². The van der Waals surface area contributed by atoms with Gasteiger partial charge in [-0.3, -0.25) is 0 Å². The molecule has 1 aliphatic heterocycles. The lowest BCUT2D eigenvalue weighted by molar-refractivity contribution is 0.350. The second-order valence-corrected chi connectivity index (χ2v) is 5.73. The highest BCUT2D eigenvalue weighted by molar-refractivity contribution is 9.10. The zero-order chi connectivity index (χ0) is 11.1. The van der Waals surface area contributed by atoms with Crippen LogP contribution < -0.4 is 10.5 Å². The Morgan fingerprint density at radius 1 is 1.47 bits per heavy atom. The van der Waals surface area contributed by atoms with Crippen LogP contribution in [0.25, 0.3) is 0 Å². The number of nitrogens with two attached hydrogens (primary N) is 1. The number of benzene rings is 1. The van der Waals surface area contributed by atoms with Gasteiger partial charge in [0, 0.05) is 16.4 Å². The first-order chi connectivity index (χ1) is 6.96. The van der Waals surface area contributed by atoms with E-state index in [0.717, 1.165) is 29.7 Å². The molecule has 82 valence electrons. The monoisotopic (exact) mass is 269 g/mol. The molecule has 3 heteroatoms. The van der Waals surface area contributed by atoms with E-state index in [1.54, 1.807) is 0 Å². The Morgan fingerprint density at radius 2 is 2.20 bits per heavy atom. The Bertz CT molecular complexity index is 382. The van der Waals surface area contributed by atoms with Crippen LogP contribution in [0, 0.1) is 0 Å². The van der Waals surface area contributed by atoms with Gasteiger partial charge in [0.05, 0.1) is 6.61 Å². The molecule has 1 aromatic rings. The average molecular weight is 270 g/mol. The van der Waals surface area contributed by atoms with Crippen LogP contribution in [0.3, 0.4) is 0 Å². The van der Waals surface area contributed by atoms with Gasteiger partial charge in [0.2, 0.25) is 0 Å². The first-order valence-corrected chi connectivity index (χ1v) is 5.98. The third-order valence-electron chi connectivity index (χ3n) is 2.47. The number of rotatable bonds is 2. The molecule has 0 radical (unpaired) electrons. The fourth-order valence-corrected chi connectivity index (χ4v) is 2.52. The standard InChI is InChI=1S/C12H16BrNO/c1-12(2,14)7-9-6-10(13)5-8-3-4-15-11(8)9/h5-6H,3-4,7,14H2,1-2H3. The van der Waals surface area contributed by atoms with E-state index in [0.29, 0.717) is 0 Å². The van der Waals surface area contributed by atoms with Crippen molar-refractivity contribution in [2.45, 2.75) is 32.2 Å². The number of fused-ring (bicyclic) bond motifs is 1. The third kappa shape index (κ3) is 2.52. The molecule has 1 aromatic carbocycles. The van der Waals surface area contributed by atoms with Crippen LogP contribution >= 0.6 is 15.9 Å². The molecule has 0 unspecified atom stereocenters. The normalized spacial score (nSPS) is 14.9. The topological polar surface area (TPSA) is 35.2 Å². The first-order valence-electron chi connectivity index (χ1n) is 5.19. The largest absolute Gasteiger partial charge is 0.493 e. The van der Waals surface area contributed by atoms with Crippen molar-refractivity contribution in [2.24, 2.45) is 5.73 Å². The highest BCUT2D eigenvalue weighted by Crippen LogP contribution is 2.34. The van der Waals surface area contributed by atoms with Gasteiger partial charge in [0.25, 0.3) is 0 Å². The Balaban J connectivity index is 2.39. The van der Waals surface area contributed by atoms with Crippen molar-refractivity contribution in [2.75, 3.05) is 6.61 Å². The van der Waals surface area contributed by atoms with Crippen molar-refractivity contribution in [3.05, 3.63) is 27.7 Å². The zero-order valence-corrected chi connectivity index (χ0v) is 10.7. The van der Waals surface area contributed by atoms with Crippen molar-refractivity contribution in [1.29, 1.82) is 0 Å². The predicted octanol–water partition coefficient (Wildman–Crippen LogP) is 2.66. The maximum Gasteiger partial charge on any atom is 0.125 e. The predicted molar refractivity (Wildman–Crippen MR) is 65.3 cm³/mol. The van der Waals surface area contributed by atoms with Crippen LogP contribution in [0.5, 0.6) is 5.75 Å². The molecule has 0 aromatic heterocycles. The van der Waals surface area contributed by atoms with E-state index >= 15 is 0 Å². The molecule has 2 nitrogen and oxygen atoms in total. The van der Waals surface area contributed by atoms with Crippen LogP contribution in [0.4, 0.5) is 0 Å². The van der Waals surface area contributed by atoms with E-state index in [-0.39, 0.29) is 5.54 Å². The van der Waals surface area contributed by atoms with Crippen LogP contribution in [0.1, 0.15) is 25.0 Å². The minimum atomic E-state index is -0.194. The number of ether oxygens (including phenoxy) is 1. The van der Waals surface area contributed by atoms with E-state index in [1.165, 1.54) is 11.1 Å². The molecule has 2 rings (SSSR count). The van der Waals surface area contributed by atoms with Crippen molar-refractivity contribution in [3.63, 3.8) is 0 Å². The minimum Gasteiger partial charge on any atom is -0.493 e. The lowest BCUT2D eigenvalue weighted by Gasteiger charge is -2.20. The summed E-state index contributed by atoms with van der Waals surface area (Å²) < 4.78 is 6.77. The van der Waals surface area contributed by atoms with E-state index < -0.39 is 0 Å². The van der Waals surface area contributed by atoms with Gasteiger partial charge in [-0.25, -0.2) is 0 Å². The number of hydrogen-bond acceptors (Lipinski definition) is 2. The SMILES string of the molecule is CC(C)(N)Cc1cc(Br)cc2c1OCC2. The minimum absolute atomic E-state index is 0.194. The molecule has 0 aliphatic carbocycles. The van der Waals surface area contributed by atoms with Crippen LogP contribution in [-0.4, -0.2) is 12.1 Å². The molecule has 1 heterocycles. The zero-order valence-electron chi connectivity index (χ0n) is 9.14. The van der Waals surface area contributed by atoms with Crippen LogP contribution in [0.2, 0.25) is 0 Å². The molecular weight excluding hydrogens is 254 g/mol. The summed E-state index contributed by atoms with van der Waals surface area (Å²) in [6.45, 7) is 4.87. The van der Waals surface area contributed by atoms with E-state index in [9.17, 15) is 0 Å². The van der Waals surface area contributed by atoms with E-state index in [1.807, 2.05) is 13.8 Å². The summed E-state index contributed by atoms with van der Waals surface area (Å²) >= 11 is 3.53. The summed E-state index contributed by atoms with van der Waals surface area (Å²) in [4.78, 5) is 0. The van der Waals surface area contributed by atoms with E-state index in [2.05, 4.69) is 28.1 Å². The lowest BCUT2D eigenvalue weighted by atomic mass is 9.94. The summed E-state index contributed by atoms with van der Waals surface area (Å²) in [6.07, 6.45) is 1.85. The molecule has 0 spiro atoms. The van der Waals surface area contributed by atoms with Crippen molar-refractivity contribution in [1.82, 2.24) is 0 Å². The molecule has 1 aliphatic rings. The summed E-state index contributed by atoms with van der Waals surface area (Å²) in [5.41, 5.74) is 8.35. The quantitative estimate of drug-likeness (QED) is 0.896. The fraction of sp³-hybridized carbons (Fsp3) is 0.500. The number of hydrogen-bond donors (Lipinski definition) is 1. The summed E-state index contributed by atoms with van der Waals surface area (Å²) in [7, 11) is 0. The van der Waals surface area contributed by atoms with Gasteiger partial charge in [0.15, 0.2) is 0 Å². The summed E-state index contributed by atoms with van der Waals surface area (Å²) in [5.74, 6) is 1.05. The maximum atomic E-state index is 6.04. The fourth-order valence-electron chi connectivity index (χ4n) is 1.97.